The summed E-state index contributed by atoms with van der Waals surface area (Å²) in [6.07, 6.45) is 4.29. The molecule has 0 aliphatic carbocycles. The maximum absolute atomic E-state index is 13.9. The van der Waals surface area contributed by atoms with Gasteiger partial charge in [0.25, 0.3) is 11.7 Å². The lowest BCUT2D eigenvalue weighted by Gasteiger charge is -2.33. The summed E-state index contributed by atoms with van der Waals surface area (Å²) < 4.78 is 39.7. The van der Waals surface area contributed by atoms with Gasteiger partial charge in [0.05, 0.1) is 35.5 Å². The summed E-state index contributed by atoms with van der Waals surface area (Å²) in [5.41, 5.74) is -1.62. The Morgan fingerprint density at radius 3 is 2.07 bits per heavy atom. The van der Waals surface area contributed by atoms with Crippen molar-refractivity contribution in [3.8, 4) is 11.6 Å². The van der Waals surface area contributed by atoms with E-state index < -0.39 is 37.4 Å². The third kappa shape index (κ3) is 7.70. The van der Waals surface area contributed by atoms with Gasteiger partial charge in [-0.3, -0.25) is 28.0 Å². The number of phosphoric ester groups is 1. The van der Waals surface area contributed by atoms with Gasteiger partial charge in [-0.25, -0.2) is 19.2 Å². The predicted octanol–water partition coefficient (Wildman–Crippen LogP) is 3.97. The third-order valence-corrected chi connectivity index (χ3v) is 8.67. The first-order valence-corrected chi connectivity index (χ1v) is 15.9. The number of amides is 2. The number of nitrogens with zero attached hydrogens (tertiary/aromatic N) is 7. The van der Waals surface area contributed by atoms with Crippen molar-refractivity contribution in [3.05, 3.63) is 30.1 Å². The molecular weight excluding hydrogens is 612 g/mol. The van der Waals surface area contributed by atoms with Gasteiger partial charge in [-0.15, -0.1) is 0 Å². The monoisotopic (exact) mass is 651 g/mol. The quantitative estimate of drug-likeness (QED) is 0.187. The number of methoxy groups -OCH3 is 1. The zero-order chi connectivity index (χ0) is 32.6. The summed E-state index contributed by atoms with van der Waals surface area (Å²) in [5.74, 6) is -0.594. The molecule has 4 heterocycles. The molecule has 0 spiro atoms. The number of hydrogen-bond donors (Lipinski definition) is 0. The molecule has 1 aliphatic rings. The first-order valence-electron chi connectivity index (χ1n) is 13.9. The molecule has 1 unspecified atom stereocenters. The zero-order valence-electron chi connectivity index (χ0n) is 26.2. The molecule has 3 aromatic rings. The molecule has 15 nitrogen and oxygen atoms in total. The number of rotatable bonds is 9. The van der Waals surface area contributed by atoms with Crippen LogP contribution in [0.3, 0.4) is 0 Å². The van der Waals surface area contributed by atoms with E-state index in [0.717, 1.165) is 0 Å². The van der Waals surface area contributed by atoms with Gasteiger partial charge in [0.15, 0.2) is 5.82 Å². The van der Waals surface area contributed by atoms with Gasteiger partial charge in [-0.05, 0) is 57.7 Å². The summed E-state index contributed by atoms with van der Waals surface area (Å²) in [7, 11) is -0.647. The highest BCUT2D eigenvalue weighted by molar-refractivity contribution is 7.48. The van der Waals surface area contributed by atoms with Gasteiger partial charge in [-0.2, -0.15) is 5.10 Å². The van der Waals surface area contributed by atoms with Crippen LogP contribution in [0.4, 0.5) is 4.79 Å². The standard InChI is InChI=1S/C27H39N7O8P2/c1-17-29-15-34(30-17)23-21-20(19(39-8)13-28-23)18(22(35)24(36)31-9-11-32(12-10-31)25(37)43)14-33(21)16-40-44(38,41-26(2,3)4)42-27(5,6)7/h13-15H,9-12,16,43H2,1-8H3. The number of pyridine rings is 1. The molecule has 1 saturated heterocycles. The minimum Gasteiger partial charge on any atom is -0.494 e. The van der Waals surface area contributed by atoms with Crippen LogP contribution in [0, 0.1) is 6.92 Å². The summed E-state index contributed by atoms with van der Waals surface area (Å²) in [6, 6.07) is 0. The highest BCUT2D eigenvalue weighted by atomic mass is 31.2. The number of piperazine rings is 1. The molecule has 0 bridgehead atoms. The van der Waals surface area contributed by atoms with E-state index in [-0.39, 0.29) is 41.3 Å². The number of aromatic nitrogens is 5. The molecule has 44 heavy (non-hydrogen) atoms. The Kier molecular flexibility index (Phi) is 9.68. The lowest BCUT2D eigenvalue weighted by Crippen LogP contribution is -2.51. The second kappa shape index (κ2) is 12.6. The Bertz CT molecular complexity index is 1590. The number of ketones is 1. The first-order chi connectivity index (χ1) is 20.4. The van der Waals surface area contributed by atoms with Crippen LogP contribution in [0.1, 0.15) is 57.7 Å². The molecule has 4 rings (SSSR count). The Balaban J connectivity index is 1.82. The van der Waals surface area contributed by atoms with Gasteiger partial charge < -0.3 is 19.1 Å². The number of aryl methyl sites for hydroxylation is 1. The normalized spacial score (nSPS) is 14.8. The predicted molar refractivity (Wildman–Crippen MR) is 164 cm³/mol. The Labute approximate surface area is 258 Å². The summed E-state index contributed by atoms with van der Waals surface area (Å²) in [6.45, 7) is 12.6. The Morgan fingerprint density at radius 2 is 1.57 bits per heavy atom. The highest BCUT2D eigenvalue weighted by Gasteiger charge is 2.38. The van der Waals surface area contributed by atoms with E-state index in [4.69, 9.17) is 18.3 Å². The van der Waals surface area contributed by atoms with Gasteiger partial charge in [-0.1, -0.05) is 0 Å². The van der Waals surface area contributed by atoms with Crippen molar-refractivity contribution in [1.82, 2.24) is 34.1 Å². The Hall–Kier alpha value is -3.22. The molecule has 17 heteroatoms. The van der Waals surface area contributed by atoms with Crippen LogP contribution < -0.4 is 4.74 Å². The fourth-order valence-corrected chi connectivity index (χ4v) is 6.61. The SMILES string of the molecule is COc1cnc(-n2cnc(C)n2)c2c1c(C(=O)C(=O)N1CCN(C(=O)P)CC1)cn2COP(=O)(OC(C)(C)C)OC(C)(C)C. The topological polar surface area (TPSA) is 160 Å². The lowest BCUT2D eigenvalue weighted by molar-refractivity contribution is -0.127. The minimum absolute atomic E-state index is 0.0128. The molecule has 0 N–H and O–H groups in total. The molecule has 3 aromatic heterocycles. The number of phosphoric acid groups is 1. The maximum atomic E-state index is 13.9. The van der Waals surface area contributed by atoms with Crippen molar-refractivity contribution < 1.29 is 37.3 Å². The van der Waals surface area contributed by atoms with Crippen LogP contribution in [-0.2, 0) is 29.7 Å². The van der Waals surface area contributed by atoms with Crippen molar-refractivity contribution in [1.29, 1.82) is 0 Å². The van der Waals surface area contributed by atoms with Gasteiger partial charge in [0, 0.05) is 32.4 Å². The lowest BCUT2D eigenvalue weighted by atomic mass is 10.1. The molecule has 0 aromatic carbocycles. The van der Waals surface area contributed by atoms with Crippen molar-refractivity contribution >= 4 is 45.3 Å². The summed E-state index contributed by atoms with van der Waals surface area (Å²) in [4.78, 5) is 50.7. The van der Waals surface area contributed by atoms with Crippen molar-refractivity contribution in [3.63, 3.8) is 0 Å². The molecule has 0 saturated carbocycles. The van der Waals surface area contributed by atoms with Crippen LogP contribution in [0.5, 0.6) is 5.75 Å². The number of hydrogen-bond acceptors (Lipinski definition) is 11. The van der Waals surface area contributed by atoms with Crippen LogP contribution >= 0.6 is 17.1 Å². The van der Waals surface area contributed by atoms with Crippen molar-refractivity contribution in [2.24, 2.45) is 0 Å². The van der Waals surface area contributed by atoms with Gasteiger partial charge >= 0.3 is 7.82 Å². The van der Waals surface area contributed by atoms with Crippen LogP contribution in [0.25, 0.3) is 16.7 Å². The highest BCUT2D eigenvalue weighted by Crippen LogP contribution is 2.55. The van der Waals surface area contributed by atoms with E-state index in [1.54, 1.807) is 53.4 Å². The zero-order valence-corrected chi connectivity index (χ0v) is 28.2. The number of carbonyl (C=O) groups excluding carboxylic acids is 3. The largest absolute Gasteiger partial charge is 0.494 e. The molecule has 1 aliphatic heterocycles. The number of carbonyl (C=O) groups is 3. The summed E-state index contributed by atoms with van der Waals surface area (Å²) in [5, 5.41) is 4.64. The van der Waals surface area contributed by atoms with Gasteiger partial charge in [0.2, 0.25) is 5.65 Å². The molecule has 1 fully saturated rings. The molecule has 2 amide bonds. The fourth-order valence-electron chi connectivity index (χ4n) is 4.60. The second-order valence-electron chi connectivity index (χ2n) is 12.2. The molecule has 240 valence electrons. The molecular formula is C27H39N7O8P2. The van der Waals surface area contributed by atoms with Crippen LogP contribution in [0.2, 0.25) is 0 Å². The van der Waals surface area contributed by atoms with E-state index in [1.807, 2.05) is 0 Å². The Morgan fingerprint density at radius 1 is 0.977 bits per heavy atom. The number of ether oxygens (including phenoxy) is 1. The average Bonchev–Trinajstić information content (AvgIpc) is 3.52. The van der Waals surface area contributed by atoms with Crippen LogP contribution in [-0.4, -0.2) is 95.9 Å². The smallest absolute Gasteiger partial charge is 0.477 e. The van der Waals surface area contributed by atoms with Crippen LogP contribution in [0.15, 0.2) is 18.7 Å². The fraction of sp³-hybridized carbons (Fsp3) is 0.556. The van der Waals surface area contributed by atoms with Crippen molar-refractivity contribution in [2.75, 3.05) is 33.3 Å². The summed E-state index contributed by atoms with van der Waals surface area (Å²) >= 11 is 0. The number of Topliss-reactive ketones (excluding diaryl/α,β-unsaturated/α-hetero) is 1. The maximum Gasteiger partial charge on any atom is 0.477 e. The van der Waals surface area contributed by atoms with E-state index in [1.165, 1.54) is 40.0 Å². The van der Waals surface area contributed by atoms with E-state index in [2.05, 4.69) is 24.3 Å². The average molecular weight is 652 g/mol. The second-order valence-corrected chi connectivity index (χ2v) is 14.2. The third-order valence-electron chi connectivity index (χ3n) is 6.33. The first kappa shape index (κ1) is 33.7. The van der Waals surface area contributed by atoms with Gasteiger partial charge in [0.1, 0.15) is 30.1 Å². The molecule has 0 radical (unpaired) electrons. The number of fused-ring (bicyclic) bond motifs is 1. The minimum atomic E-state index is -4.18. The van der Waals surface area contributed by atoms with Crippen molar-refractivity contribution in [2.45, 2.75) is 66.4 Å². The molecule has 1 atom stereocenters. The van der Waals surface area contributed by atoms with E-state index >= 15 is 0 Å². The van der Waals surface area contributed by atoms with E-state index in [0.29, 0.717) is 24.4 Å². The van der Waals surface area contributed by atoms with E-state index in [9.17, 15) is 18.9 Å².